The fourth-order valence-electron chi connectivity index (χ4n) is 2.33. The molecule has 3 atom stereocenters. The van der Waals surface area contributed by atoms with E-state index in [1.165, 1.54) is 0 Å². The lowest BCUT2D eigenvalue weighted by atomic mass is 9.96. The second-order valence-corrected chi connectivity index (χ2v) is 4.54. The van der Waals surface area contributed by atoms with Crippen molar-refractivity contribution in [3.05, 3.63) is 0 Å². The van der Waals surface area contributed by atoms with Gasteiger partial charge in [-0.3, -0.25) is 4.90 Å². The molecule has 5 heteroatoms. The van der Waals surface area contributed by atoms with Crippen LogP contribution in [-0.2, 0) is 0 Å². The zero-order valence-electron chi connectivity index (χ0n) is 9.22. The average molecular weight is 224 g/mol. The van der Waals surface area contributed by atoms with E-state index in [0.29, 0.717) is 6.54 Å². The summed E-state index contributed by atoms with van der Waals surface area (Å²) in [7, 11) is 0. The zero-order valence-corrected chi connectivity index (χ0v) is 9.22. The molecule has 1 rings (SSSR count). The molecule has 0 amide bonds. The van der Waals surface area contributed by atoms with E-state index in [-0.39, 0.29) is 12.1 Å². The molecule has 0 saturated carbocycles. The van der Waals surface area contributed by atoms with Gasteiger partial charge in [0.05, 0.1) is 6.42 Å². The lowest BCUT2D eigenvalue weighted by molar-refractivity contribution is -0.148. The average Bonchev–Trinajstić information content (AvgIpc) is 1.99. The summed E-state index contributed by atoms with van der Waals surface area (Å²) in [6, 6.07) is -0.132. The number of piperidine rings is 1. The zero-order chi connectivity index (χ0) is 11.6. The van der Waals surface area contributed by atoms with Gasteiger partial charge in [-0.15, -0.1) is 0 Å². The van der Waals surface area contributed by atoms with Crippen LogP contribution in [0.1, 0.15) is 33.1 Å². The van der Waals surface area contributed by atoms with Crippen LogP contribution in [0.3, 0.4) is 0 Å². The quantitative estimate of drug-likeness (QED) is 0.778. The largest absolute Gasteiger partial charge is 0.390 e. The Balaban J connectivity index is 2.49. The fraction of sp³-hybridized carbons (Fsp3) is 1.00. The van der Waals surface area contributed by atoms with Gasteiger partial charge in [-0.2, -0.15) is 13.2 Å². The van der Waals surface area contributed by atoms with Crippen molar-refractivity contribution in [3.63, 3.8) is 0 Å². The molecule has 1 fully saturated rings. The van der Waals surface area contributed by atoms with Gasteiger partial charge in [0, 0.05) is 24.7 Å². The first kappa shape index (κ1) is 12.8. The highest BCUT2D eigenvalue weighted by molar-refractivity contribution is 4.84. The van der Waals surface area contributed by atoms with Gasteiger partial charge in [0.15, 0.2) is 0 Å². The Morgan fingerprint density at radius 1 is 1.47 bits per heavy atom. The second-order valence-electron chi connectivity index (χ2n) is 4.54. The lowest BCUT2D eigenvalue weighted by Crippen LogP contribution is -2.50. The summed E-state index contributed by atoms with van der Waals surface area (Å²) in [6.45, 7) is 4.27. The van der Waals surface area contributed by atoms with Crippen LogP contribution in [0.5, 0.6) is 0 Å². The summed E-state index contributed by atoms with van der Waals surface area (Å²) in [4.78, 5) is 1.91. The number of nitrogens with zero attached hydrogens (tertiary/aromatic N) is 1. The second kappa shape index (κ2) is 4.70. The van der Waals surface area contributed by atoms with E-state index in [1.54, 1.807) is 6.92 Å². The highest BCUT2D eigenvalue weighted by Gasteiger charge is 2.35. The molecule has 0 spiro atoms. The van der Waals surface area contributed by atoms with Crippen molar-refractivity contribution >= 4 is 0 Å². The molecular weight excluding hydrogens is 205 g/mol. The SMILES string of the molecule is CC1CC(N)CCN1C(C)CC(F)(F)F. The molecule has 1 aliphatic rings. The minimum atomic E-state index is -4.07. The van der Waals surface area contributed by atoms with Gasteiger partial charge in [0.2, 0.25) is 0 Å². The minimum absolute atomic E-state index is 0.148. The molecule has 1 heterocycles. The molecule has 0 aromatic carbocycles. The number of rotatable bonds is 2. The van der Waals surface area contributed by atoms with Crippen LogP contribution in [0.15, 0.2) is 0 Å². The summed E-state index contributed by atoms with van der Waals surface area (Å²) < 4.78 is 36.6. The molecular formula is C10H19F3N2. The van der Waals surface area contributed by atoms with Gasteiger partial charge in [-0.05, 0) is 26.7 Å². The molecule has 2 nitrogen and oxygen atoms in total. The van der Waals surface area contributed by atoms with Crippen LogP contribution in [0.25, 0.3) is 0 Å². The number of hydrogen-bond donors (Lipinski definition) is 1. The highest BCUT2D eigenvalue weighted by Crippen LogP contribution is 2.27. The lowest BCUT2D eigenvalue weighted by Gasteiger charge is -2.40. The van der Waals surface area contributed by atoms with Crippen LogP contribution >= 0.6 is 0 Å². The highest BCUT2D eigenvalue weighted by atomic mass is 19.4. The van der Waals surface area contributed by atoms with E-state index in [4.69, 9.17) is 5.73 Å². The van der Waals surface area contributed by atoms with Crippen molar-refractivity contribution in [1.29, 1.82) is 0 Å². The maximum absolute atomic E-state index is 12.2. The van der Waals surface area contributed by atoms with Gasteiger partial charge < -0.3 is 5.73 Å². The molecule has 0 bridgehead atoms. The number of likely N-dealkylation sites (tertiary alicyclic amines) is 1. The first-order valence-corrected chi connectivity index (χ1v) is 5.37. The van der Waals surface area contributed by atoms with Crippen molar-refractivity contribution in [3.8, 4) is 0 Å². The molecule has 0 aliphatic carbocycles. The fourth-order valence-corrected chi connectivity index (χ4v) is 2.33. The number of halogens is 3. The monoisotopic (exact) mass is 224 g/mol. The first-order valence-electron chi connectivity index (χ1n) is 5.37. The molecule has 3 unspecified atom stereocenters. The van der Waals surface area contributed by atoms with Crippen LogP contribution in [-0.4, -0.2) is 35.7 Å². The third-order valence-corrected chi connectivity index (χ3v) is 3.06. The predicted molar refractivity (Wildman–Crippen MR) is 53.5 cm³/mol. The van der Waals surface area contributed by atoms with E-state index < -0.39 is 18.6 Å². The molecule has 0 radical (unpaired) electrons. The number of hydrogen-bond acceptors (Lipinski definition) is 2. The van der Waals surface area contributed by atoms with Crippen molar-refractivity contribution < 1.29 is 13.2 Å². The molecule has 0 aromatic heterocycles. The van der Waals surface area contributed by atoms with Crippen molar-refractivity contribution in [2.45, 2.75) is 57.4 Å². The standard InChI is InChI=1S/C10H19F3N2/c1-7-5-9(14)3-4-15(7)8(2)6-10(11,12)13/h7-9H,3-6,14H2,1-2H3. The van der Waals surface area contributed by atoms with Crippen LogP contribution < -0.4 is 5.73 Å². The summed E-state index contributed by atoms with van der Waals surface area (Å²) in [6.07, 6.45) is -3.21. The van der Waals surface area contributed by atoms with E-state index in [1.807, 2.05) is 11.8 Å². The Hall–Kier alpha value is -0.290. The Bertz CT molecular complexity index is 205. The van der Waals surface area contributed by atoms with Gasteiger partial charge in [-0.1, -0.05) is 0 Å². The van der Waals surface area contributed by atoms with Crippen LogP contribution in [0.4, 0.5) is 13.2 Å². The molecule has 1 aliphatic heterocycles. The summed E-state index contributed by atoms with van der Waals surface area (Å²) in [5, 5.41) is 0. The molecule has 1 saturated heterocycles. The van der Waals surface area contributed by atoms with Crippen molar-refractivity contribution in [1.82, 2.24) is 4.90 Å². The third kappa shape index (κ3) is 3.99. The molecule has 0 aromatic rings. The Labute approximate surface area is 88.6 Å². The number of nitrogens with two attached hydrogens (primary N) is 1. The molecule has 90 valence electrons. The summed E-state index contributed by atoms with van der Waals surface area (Å²) in [5.74, 6) is 0. The van der Waals surface area contributed by atoms with Gasteiger partial charge in [-0.25, -0.2) is 0 Å². The first-order chi connectivity index (χ1) is 6.79. The van der Waals surface area contributed by atoms with E-state index in [9.17, 15) is 13.2 Å². The third-order valence-electron chi connectivity index (χ3n) is 3.06. The minimum Gasteiger partial charge on any atom is -0.328 e. The van der Waals surface area contributed by atoms with Gasteiger partial charge >= 0.3 is 6.18 Å². The van der Waals surface area contributed by atoms with Gasteiger partial charge in [0.25, 0.3) is 0 Å². The maximum Gasteiger partial charge on any atom is 0.390 e. The molecule has 2 N–H and O–H groups in total. The molecule has 15 heavy (non-hydrogen) atoms. The topological polar surface area (TPSA) is 29.3 Å². The number of alkyl halides is 3. The Kier molecular flexibility index (Phi) is 4.00. The van der Waals surface area contributed by atoms with Crippen molar-refractivity contribution in [2.75, 3.05) is 6.54 Å². The van der Waals surface area contributed by atoms with Crippen LogP contribution in [0, 0.1) is 0 Å². The van der Waals surface area contributed by atoms with Crippen LogP contribution in [0.2, 0.25) is 0 Å². The van der Waals surface area contributed by atoms with Crippen molar-refractivity contribution in [2.24, 2.45) is 5.73 Å². The summed E-state index contributed by atoms with van der Waals surface area (Å²) in [5.41, 5.74) is 5.77. The predicted octanol–water partition coefficient (Wildman–Crippen LogP) is 2.14. The maximum atomic E-state index is 12.2. The summed E-state index contributed by atoms with van der Waals surface area (Å²) >= 11 is 0. The normalized spacial score (nSPS) is 31.6. The van der Waals surface area contributed by atoms with Gasteiger partial charge in [0.1, 0.15) is 0 Å². The van der Waals surface area contributed by atoms with E-state index in [0.717, 1.165) is 12.8 Å². The Morgan fingerprint density at radius 3 is 2.53 bits per heavy atom. The van der Waals surface area contributed by atoms with E-state index in [2.05, 4.69) is 0 Å². The Morgan fingerprint density at radius 2 is 2.07 bits per heavy atom. The smallest absolute Gasteiger partial charge is 0.328 e. The van der Waals surface area contributed by atoms with E-state index >= 15 is 0 Å².